The summed E-state index contributed by atoms with van der Waals surface area (Å²) in [4.78, 5) is 39.3. The number of fused-ring (bicyclic) bond motifs is 2. The van der Waals surface area contributed by atoms with Gasteiger partial charge >= 0.3 is 6.03 Å². The zero-order valence-corrected chi connectivity index (χ0v) is 19.4. The number of anilines is 1. The molecular formula is C24H34N4O5. The fourth-order valence-corrected chi connectivity index (χ4v) is 4.57. The molecule has 33 heavy (non-hydrogen) atoms. The smallest absolute Gasteiger partial charge is 0.319 e. The number of nitrogens with zero attached hydrogens (tertiary/aromatic N) is 1. The summed E-state index contributed by atoms with van der Waals surface area (Å²) in [5.41, 5.74) is 0.938. The predicted molar refractivity (Wildman–Crippen MR) is 123 cm³/mol. The first-order valence-electron chi connectivity index (χ1n) is 12.0. The van der Waals surface area contributed by atoms with Crippen LogP contribution in [0.5, 0.6) is 5.75 Å². The summed E-state index contributed by atoms with van der Waals surface area (Å²) in [6.45, 7) is 2.85. The SMILES string of the molecule is CCCNC(=O)Nc1ccc2c(c1)C(=O)N(C)[C@H]1CC[C@@H](CC(=O)NC3CCC3)O[C@H]1CO2. The van der Waals surface area contributed by atoms with Crippen LogP contribution in [0.15, 0.2) is 18.2 Å². The Hall–Kier alpha value is -2.81. The van der Waals surface area contributed by atoms with Crippen LogP contribution in [0, 0.1) is 0 Å². The van der Waals surface area contributed by atoms with Gasteiger partial charge in [0.2, 0.25) is 5.91 Å². The van der Waals surface area contributed by atoms with Crippen molar-refractivity contribution < 1.29 is 23.9 Å². The van der Waals surface area contributed by atoms with Crippen LogP contribution in [0.3, 0.4) is 0 Å². The highest BCUT2D eigenvalue weighted by molar-refractivity contribution is 5.99. The average Bonchev–Trinajstić information content (AvgIpc) is 2.77. The second-order valence-electron chi connectivity index (χ2n) is 9.16. The van der Waals surface area contributed by atoms with E-state index in [9.17, 15) is 14.4 Å². The van der Waals surface area contributed by atoms with Crippen LogP contribution >= 0.6 is 0 Å². The van der Waals surface area contributed by atoms with Crippen molar-refractivity contribution in [3.63, 3.8) is 0 Å². The molecule has 2 heterocycles. The third-order valence-electron chi connectivity index (χ3n) is 6.69. The molecule has 0 spiro atoms. The number of rotatable bonds is 6. The fourth-order valence-electron chi connectivity index (χ4n) is 4.57. The molecule has 1 aromatic carbocycles. The van der Waals surface area contributed by atoms with E-state index in [1.165, 1.54) is 6.42 Å². The van der Waals surface area contributed by atoms with E-state index < -0.39 is 0 Å². The third kappa shape index (κ3) is 5.58. The second-order valence-corrected chi connectivity index (χ2v) is 9.16. The number of carbonyl (C=O) groups is 3. The molecule has 0 bridgehead atoms. The van der Waals surface area contributed by atoms with Gasteiger partial charge in [0.25, 0.3) is 5.91 Å². The van der Waals surface area contributed by atoms with Gasteiger partial charge in [0, 0.05) is 25.3 Å². The largest absolute Gasteiger partial charge is 0.490 e. The van der Waals surface area contributed by atoms with Crippen LogP contribution in [-0.4, -0.2) is 67.2 Å². The second kappa shape index (κ2) is 10.4. The van der Waals surface area contributed by atoms with Crippen LogP contribution in [0.2, 0.25) is 0 Å². The van der Waals surface area contributed by atoms with Crippen LogP contribution in [0.4, 0.5) is 10.5 Å². The van der Waals surface area contributed by atoms with E-state index in [0.717, 1.165) is 25.7 Å². The van der Waals surface area contributed by atoms with Gasteiger partial charge < -0.3 is 30.3 Å². The highest BCUT2D eigenvalue weighted by atomic mass is 16.5. The molecular weight excluding hydrogens is 424 g/mol. The van der Waals surface area contributed by atoms with Gasteiger partial charge in [-0.2, -0.15) is 0 Å². The molecule has 3 aliphatic rings. The van der Waals surface area contributed by atoms with Gasteiger partial charge in [-0.05, 0) is 56.7 Å². The molecule has 2 fully saturated rings. The zero-order valence-electron chi connectivity index (χ0n) is 19.4. The van der Waals surface area contributed by atoms with Crippen molar-refractivity contribution in [2.75, 3.05) is 25.5 Å². The monoisotopic (exact) mass is 458 g/mol. The van der Waals surface area contributed by atoms with Crippen molar-refractivity contribution in [3.8, 4) is 5.75 Å². The molecule has 0 unspecified atom stereocenters. The maximum atomic E-state index is 13.3. The lowest BCUT2D eigenvalue weighted by molar-refractivity contribution is -0.135. The topological polar surface area (TPSA) is 109 Å². The van der Waals surface area contributed by atoms with Crippen molar-refractivity contribution in [1.29, 1.82) is 0 Å². The van der Waals surface area contributed by atoms with E-state index in [1.54, 1.807) is 30.1 Å². The predicted octanol–water partition coefficient (Wildman–Crippen LogP) is 2.66. The molecule has 9 nitrogen and oxygen atoms in total. The van der Waals surface area contributed by atoms with Crippen molar-refractivity contribution in [2.45, 2.75) is 76.2 Å². The number of nitrogens with one attached hydrogen (secondary N) is 3. The zero-order chi connectivity index (χ0) is 23.4. The molecule has 1 saturated heterocycles. The van der Waals surface area contributed by atoms with Crippen molar-refractivity contribution in [2.24, 2.45) is 0 Å². The van der Waals surface area contributed by atoms with E-state index in [4.69, 9.17) is 9.47 Å². The van der Waals surface area contributed by atoms with Gasteiger partial charge in [-0.1, -0.05) is 6.92 Å². The number of amides is 4. The Morgan fingerprint density at radius 3 is 2.73 bits per heavy atom. The lowest BCUT2D eigenvalue weighted by atomic mass is 9.92. The minimum atomic E-state index is -0.308. The molecule has 0 radical (unpaired) electrons. The minimum absolute atomic E-state index is 0.0349. The Labute approximate surface area is 194 Å². The molecule has 3 atom stereocenters. The number of ether oxygens (including phenoxy) is 2. The first-order chi connectivity index (χ1) is 15.9. The maximum Gasteiger partial charge on any atom is 0.319 e. The number of urea groups is 1. The van der Waals surface area contributed by atoms with E-state index in [0.29, 0.717) is 49.0 Å². The summed E-state index contributed by atoms with van der Waals surface area (Å²) in [5, 5.41) is 8.58. The lowest BCUT2D eigenvalue weighted by Crippen LogP contribution is -2.54. The van der Waals surface area contributed by atoms with Gasteiger partial charge in [0.05, 0.1) is 24.1 Å². The van der Waals surface area contributed by atoms with Crippen LogP contribution in [-0.2, 0) is 9.53 Å². The Balaban J connectivity index is 1.41. The summed E-state index contributed by atoms with van der Waals surface area (Å²) in [7, 11) is 1.77. The van der Waals surface area contributed by atoms with Gasteiger partial charge in [0.1, 0.15) is 18.5 Å². The van der Waals surface area contributed by atoms with Gasteiger partial charge in [-0.3, -0.25) is 9.59 Å². The fraction of sp³-hybridized carbons (Fsp3) is 0.625. The highest BCUT2D eigenvalue weighted by Crippen LogP contribution is 2.32. The van der Waals surface area contributed by atoms with Gasteiger partial charge in [-0.15, -0.1) is 0 Å². The summed E-state index contributed by atoms with van der Waals surface area (Å²) in [6.07, 6.45) is 5.44. The molecule has 4 rings (SSSR count). The number of likely N-dealkylation sites (N-methyl/N-ethyl adjacent to an activating group) is 1. The number of hydrogen-bond acceptors (Lipinski definition) is 5. The Bertz CT molecular complexity index is 888. The quantitative estimate of drug-likeness (QED) is 0.607. The van der Waals surface area contributed by atoms with E-state index in [2.05, 4.69) is 16.0 Å². The van der Waals surface area contributed by atoms with Crippen molar-refractivity contribution in [1.82, 2.24) is 15.5 Å². The summed E-state index contributed by atoms with van der Waals surface area (Å²) in [5.74, 6) is 0.313. The summed E-state index contributed by atoms with van der Waals surface area (Å²) in [6, 6.07) is 4.93. The minimum Gasteiger partial charge on any atom is -0.490 e. The number of benzene rings is 1. The van der Waals surface area contributed by atoms with Gasteiger partial charge in [0.15, 0.2) is 0 Å². The number of hydrogen-bond donors (Lipinski definition) is 3. The van der Waals surface area contributed by atoms with Crippen LogP contribution in [0.1, 0.15) is 62.2 Å². The summed E-state index contributed by atoms with van der Waals surface area (Å²) < 4.78 is 12.2. The number of carbonyl (C=O) groups excluding carboxylic acids is 3. The Morgan fingerprint density at radius 1 is 1.18 bits per heavy atom. The van der Waals surface area contributed by atoms with E-state index in [-0.39, 0.29) is 36.1 Å². The lowest BCUT2D eigenvalue weighted by Gasteiger charge is -2.42. The summed E-state index contributed by atoms with van der Waals surface area (Å²) >= 11 is 0. The molecule has 1 aromatic rings. The molecule has 180 valence electrons. The van der Waals surface area contributed by atoms with Crippen LogP contribution < -0.4 is 20.7 Å². The van der Waals surface area contributed by atoms with E-state index in [1.807, 2.05) is 6.92 Å². The Morgan fingerprint density at radius 2 is 2.00 bits per heavy atom. The average molecular weight is 459 g/mol. The van der Waals surface area contributed by atoms with Crippen molar-refractivity contribution >= 4 is 23.5 Å². The normalized spacial score (nSPS) is 24.8. The molecule has 0 aromatic heterocycles. The molecule has 2 aliphatic heterocycles. The Kier molecular flexibility index (Phi) is 7.37. The molecule has 1 saturated carbocycles. The first-order valence-corrected chi connectivity index (χ1v) is 12.0. The highest BCUT2D eigenvalue weighted by Gasteiger charge is 2.39. The molecule has 9 heteroatoms. The van der Waals surface area contributed by atoms with Gasteiger partial charge in [-0.25, -0.2) is 4.79 Å². The van der Waals surface area contributed by atoms with Crippen molar-refractivity contribution in [3.05, 3.63) is 23.8 Å². The molecule has 3 N–H and O–H groups in total. The van der Waals surface area contributed by atoms with Crippen LogP contribution in [0.25, 0.3) is 0 Å². The van der Waals surface area contributed by atoms with E-state index >= 15 is 0 Å². The first kappa shape index (κ1) is 23.4. The maximum absolute atomic E-state index is 13.3. The standard InChI is InChI=1S/C24H34N4O5/c1-3-11-25-24(31)27-16-7-10-20-18(12-16)23(30)28(2)19-9-8-17(33-21(19)14-32-20)13-22(29)26-15-5-4-6-15/h7,10,12,15,17,19,21H,3-6,8-9,11,13-14H2,1-2H3,(H,26,29)(H2,25,27,31)/t17-,19-,21-/m0/s1. The molecule has 4 amide bonds. The molecule has 1 aliphatic carbocycles. The third-order valence-corrected chi connectivity index (χ3v) is 6.69.